The maximum absolute atomic E-state index is 14.5. The van der Waals surface area contributed by atoms with Gasteiger partial charge in [-0.15, -0.1) is 0 Å². The number of nitrogens with zero attached hydrogens (tertiary/aromatic N) is 2. The van der Waals surface area contributed by atoms with Gasteiger partial charge in [-0.25, -0.2) is 9.37 Å². The van der Waals surface area contributed by atoms with E-state index in [9.17, 15) is 9.18 Å². The highest BCUT2D eigenvalue weighted by atomic mass is 19.1. The van der Waals surface area contributed by atoms with Crippen molar-refractivity contribution in [2.45, 2.75) is 46.3 Å². The summed E-state index contributed by atoms with van der Waals surface area (Å²) in [4.78, 5) is 17.9. The first-order valence-corrected chi connectivity index (χ1v) is 9.61. The van der Waals surface area contributed by atoms with E-state index in [4.69, 9.17) is 9.72 Å². The SMILES string of the molecule is C=COCc1c(C)cc2n(c1=O)Cc1c-2nc2cc(F)c(C)c3c2c1CCC3. The van der Waals surface area contributed by atoms with Gasteiger partial charge < -0.3 is 9.30 Å². The second-order valence-electron chi connectivity index (χ2n) is 7.69. The molecule has 0 bridgehead atoms. The highest BCUT2D eigenvalue weighted by molar-refractivity contribution is 5.92. The fraction of sp³-hybridized carbons (Fsp3) is 0.304. The van der Waals surface area contributed by atoms with Crippen molar-refractivity contribution in [1.29, 1.82) is 0 Å². The lowest BCUT2D eigenvalue weighted by Crippen LogP contribution is -2.24. The van der Waals surface area contributed by atoms with E-state index in [1.54, 1.807) is 10.6 Å². The second kappa shape index (κ2) is 6.03. The van der Waals surface area contributed by atoms with Gasteiger partial charge in [0.25, 0.3) is 5.56 Å². The Morgan fingerprint density at radius 3 is 2.82 bits per heavy atom. The Morgan fingerprint density at radius 2 is 2.04 bits per heavy atom. The van der Waals surface area contributed by atoms with Gasteiger partial charge in [0.1, 0.15) is 12.4 Å². The molecule has 5 rings (SSSR count). The molecule has 0 N–H and O–H groups in total. The van der Waals surface area contributed by atoms with Gasteiger partial charge in [0.15, 0.2) is 0 Å². The Hall–Kier alpha value is -2.95. The zero-order valence-corrected chi connectivity index (χ0v) is 16.1. The smallest absolute Gasteiger partial charge is 0.258 e. The van der Waals surface area contributed by atoms with Crippen molar-refractivity contribution in [2.75, 3.05) is 0 Å². The molecule has 0 saturated heterocycles. The molecule has 1 aromatic carbocycles. The third-order valence-electron chi connectivity index (χ3n) is 6.20. The highest BCUT2D eigenvalue weighted by Gasteiger charge is 2.30. The number of ether oxygens (including phenoxy) is 1. The molecule has 0 radical (unpaired) electrons. The van der Waals surface area contributed by atoms with Crippen LogP contribution < -0.4 is 5.56 Å². The van der Waals surface area contributed by atoms with Gasteiger partial charge in [-0.2, -0.15) is 0 Å². The Morgan fingerprint density at radius 1 is 1.25 bits per heavy atom. The zero-order valence-electron chi connectivity index (χ0n) is 16.1. The molecule has 5 heteroatoms. The molecule has 0 atom stereocenters. The Kier molecular flexibility index (Phi) is 3.69. The van der Waals surface area contributed by atoms with Crippen molar-refractivity contribution in [1.82, 2.24) is 9.55 Å². The van der Waals surface area contributed by atoms with Crippen LogP contribution in [0.15, 0.2) is 29.8 Å². The van der Waals surface area contributed by atoms with E-state index in [0.29, 0.717) is 17.6 Å². The van der Waals surface area contributed by atoms with E-state index < -0.39 is 0 Å². The second-order valence-corrected chi connectivity index (χ2v) is 7.69. The fourth-order valence-electron chi connectivity index (χ4n) is 4.75. The van der Waals surface area contributed by atoms with Gasteiger partial charge in [0.05, 0.1) is 35.3 Å². The molecular weight excluding hydrogens is 355 g/mol. The van der Waals surface area contributed by atoms with Crippen LogP contribution in [-0.4, -0.2) is 9.55 Å². The Balaban J connectivity index is 1.80. The summed E-state index contributed by atoms with van der Waals surface area (Å²) in [6.07, 6.45) is 4.16. The van der Waals surface area contributed by atoms with Crippen LogP contribution in [0.3, 0.4) is 0 Å². The monoisotopic (exact) mass is 376 g/mol. The van der Waals surface area contributed by atoms with Crippen molar-refractivity contribution in [3.63, 3.8) is 0 Å². The van der Waals surface area contributed by atoms with Crippen molar-refractivity contribution in [3.05, 3.63) is 74.5 Å². The maximum Gasteiger partial charge on any atom is 0.258 e. The first-order chi connectivity index (χ1) is 13.5. The van der Waals surface area contributed by atoms with Crippen LogP contribution >= 0.6 is 0 Å². The predicted molar refractivity (Wildman–Crippen MR) is 107 cm³/mol. The first kappa shape index (κ1) is 17.2. The van der Waals surface area contributed by atoms with Gasteiger partial charge in [0.2, 0.25) is 0 Å². The summed E-state index contributed by atoms with van der Waals surface area (Å²) >= 11 is 0. The number of rotatable bonds is 3. The molecule has 0 saturated carbocycles. The molecule has 0 unspecified atom stereocenters. The average Bonchev–Trinajstić information content (AvgIpc) is 3.05. The van der Waals surface area contributed by atoms with Crippen LogP contribution in [0.4, 0.5) is 4.39 Å². The minimum Gasteiger partial charge on any atom is -0.497 e. The third kappa shape index (κ3) is 2.22. The molecule has 1 aliphatic carbocycles. The Labute approximate surface area is 162 Å². The maximum atomic E-state index is 14.5. The lowest BCUT2D eigenvalue weighted by Gasteiger charge is -2.21. The Bertz CT molecular complexity index is 1240. The first-order valence-electron chi connectivity index (χ1n) is 9.61. The molecule has 1 aliphatic heterocycles. The van der Waals surface area contributed by atoms with Gasteiger partial charge in [-0.3, -0.25) is 4.79 Å². The number of pyridine rings is 2. The summed E-state index contributed by atoms with van der Waals surface area (Å²) in [6.45, 7) is 8.03. The van der Waals surface area contributed by atoms with Gasteiger partial charge in [0, 0.05) is 17.0 Å². The van der Waals surface area contributed by atoms with E-state index in [1.807, 2.05) is 19.9 Å². The number of benzene rings is 1. The van der Waals surface area contributed by atoms with E-state index in [-0.39, 0.29) is 18.0 Å². The van der Waals surface area contributed by atoms with E-state index in [0.717, 1.165) is 58.3 Å². The van der Waals surface area contributed by atoms with Crippen LogP contribution in [-0.2, 0) is 30.7 Å². The minimum absolute atomic E-state index is 0.0514. The summed E-state index contributed by atoms with van der Waals surface area (Å²) in [5, 5.41) is 1.09. The number of aromatic nitrogens is 2. The van der Waals surface area contributed by atoms with E-state index >= 15 is 0 Å². The van der Waals surface area contributed by atoms with E-state index in [2.05, 4.69) is 6.58 Å². The highest BCUT2D eigenvalue weighted by Crippen LogP contribution is 2.41. The lowest BCUT2D eigenvalue weighted by molar-refractivity contribution is 0.235. The summed E-state index contributed by atoms with van der Waals surface area (Å²) in [5.41, 5.74) is 7.92. The lowest BCUT2D eigenvalue weighted by atomic mass is 9.85. The van der Waals surface area contributed by atoms with Crippen molar-refractivity contribution >= 4 is 10.9 Å². The van der Waals surface area contributed by atoms with Crippen LogP contribution in [0.25, 0.3) is 22.3 Å². The van der Waals surface area contributed by atoms with Crippen molar-refractivity contribution < 1.29 is 9.13 Å². The normalized spacial score (nSPS) is 14.1. The minimum atomic E-state index is -0.203. The van der Waals surface area contributed by atoms with Gasteiger partial charge in [-0.05, 0) is 61.4 Å². The summed E-state index contributed by atoms with van der Waals surface area (Å²) in [7, 11) is 0. The van der Waals surface area contributed by atoms with Crippen LogP contribution in [0, 0.1) is 19.7 Å². The van der Waals surface area contributed by atoms with Crippen molar-refractivity contribution in [2.24, 2.45) is 0 Å². The number of halogens is 1. The topological polar surface area (TPSA) is 44.1 Å². The summed E-state index contributed by atoms with van der Waals surface area (Å²) in [5.74, 6) is -0.203. The molecule has 28 heavy (non-hydrogen) atoms. The molecule has 142 valence electrons. The standard InChI is InChI=1S/C23H21FN2O2/c1-4-28-11-17-12(2)8-20-22-16(10-26(20)23(17)27)15-7-5-6-14-13(3)18(24)9-19(25-22)21(14)15/h4,8-9H,1,5-7,10-11H2,2-3H3. The molecule has 2 aromatic heterocycles. The summed E-state index contributed by atoms with van der Waals surface area (Å²) in [6, 6.07) is 3.54. The number of hydrogen-bond acceptors (Lipinski definition) is 3. The van der Waals surface area contributed by atoms with Gasteiger partial charge in [-0.1, -0.05) is 6.58 Å². The zero-order chi connectivity index (χ0) is 19.6. The van der Waals surface area contributed by atoms with Gasteiger partial charge >= 0.3 is 0 Å². The fourth-order valence-corrected chi connectivity index (χ4v) is 4.75. The van der Waals surface area contributed by atoms with Crippen LogP contribution in [0.1, 0.15) is 39.8 Å². The number of fused-ring (bicyclic) bond motifs is 4. The predicted octanol–water partition coefficient (Wildman–Crippen LogP) is 4.33. The molecule has 4 nitrogen and oxygen atoms in total. The molecule has 2 aliphatic rings. The largest absolute Gasteiger partial charge is 0.497 e. The quantitative estimate of drug-likeness (QED) is 0.500. The van der Waals surface area contributed by atoms with Crippen LogP contribution in [0.2, 0.25) is 0 Å². The molecular formula is C23H21FN2O2. The number of aryl methyl sites for hydroxylation is 3. The molecule has 0 spiro atoms. The third-order valence-corrected chi connectivity index (χ3v) is 6.20. The molecule has 3 heterocycles. The van der Waals surface area contributed by atoms with Crippen LogP contribution in [0.5, 0.6) is 0 Å². The molecule has 3 aromatic rings. The van der Waals surface area contributed by atoms with E-state index in [1.165, 1.54) is 11.8 Å². The molecule has 0 fully saturated rings. The molecule has 0 amide bonds. The number of hydrogen-bond donors (Lipinski definition) is 0. The summed E-state index contributed by atoms with van der Waals surface area (Å²) < 4.78 is 21.5. The van der Waals surface area contributed by atoms with Crippen molar-refractivity contribution in [3.8, 4) is 11.4 Å². The average molecular weight is 376 g/mol.